The molecule has 0 aliphatic carbocycles. The van der Waals surface area contributed by atoms with Crippen LogP contribution < -0.4 is 18.9 Å². The van der Waals surface area contributed by atoms with Crippen molar-refractivity contribution in [2.24, 2.45) is 0 Å². The van der Waals surface area contributed by atoms with Crippen molar-refractivity contribution >= 4 is 127 Å². The summed E-state index contributed by atoms with van der Waals surface area (Å²) in [5, 5.41) is 21.0. The Bertz CT molecular complexity index is 1510. The van der Waals surface area contributed by atoms with Crippen LogP contribution in [0.25, 0.3) is 0 Å². The molecule has 47 heavy (non-hydrogen) atoms. The lowest BCUT2D eigenvalue weighted by atomic mass is 9.78. The van der Waals surface area contributed by atoms with Gasteiger partial charge in [-0.05, 0) is 71.8 Å². The van der Waals surface area contributed by atoms with Gasteiger partial charge in [0.25, 0.3) is 0 Å². The van der Waals surface area contributed by atoms with Gasteiger partial charge in [-0.2, -0.15) is 0 Å². The van der Waals surface area contributed by atoms with E-state index < -0.39 is 17.6 Å². The molecule has 0 aliphatic rings. The second-order valence-corrected chi connectivity index (χ2v) is 18.0. The fraction of sp³-hybridized carbons (Fsp3) is 0.273. The van der Waals surface area contributed by atoms with E-state index in [2.05, 4.69) is 141 Å². The summed E-state index contributed by atoms with van der Waals surface area (Å²) >= 11 is 28.7. The molecule has 4 aromatic rings. The van der Waals surface area contributed by atoms with E-state index in [1.807, 2.05) is 60.7 Å². The predicted octanol–water partition coefficient (Wildman–Crippen LogP) is 11.7. The van der Waals surface area contributed by atoms with E-state index in [0.29, 0.717) is 23.0 Å². The van der Waals surface area contributed by atoms with E-state index >= 15 is 0 Å². The molecule has 0 saturated carbocycles. The quantitative estimate of drug-likeness (QED) is 0.131. The molecule has 4 aromatic carbocycles. The van der Waals surface area contributed by atoms with Crippen molar-refractivity contribution in [2.45, 2.75) is 31.5 Å². The van der Waals surface area contributed by atoms with Gasteiger partial charge < -0.3 is 29.2 Å². The molecule has 0 heterocycles. The lowest BCUT2D eigenvalue weighted by Gasteiger charge is -2.31. The Morgan fingerprint density at radius 2 is 0.681 bits per heavy atom. The van der Waals surface area contributed by atoms with E-state index in [-0.39, 0.29) is 26.4 Å². The molecule has 6 nitrogen and oxygen atoms in total. The van der Waals surface area contributed by atoms with Gasteiger partial charge in [0.2, 0.25) is 0 Å². The molecule has 0 saturated heterocycles. The summed E-state index contributed by atoms with van der Waals surface area (Å²) in [7, 11) is 0. The van der Waals surface area contributed by atoms with Crippen molar-refractivity contribution < 1.29 is 29.2 Å². The van der Waals surface area contributed by atoms with Crippen molar-refractivity contribution in [1.29, 1.82) is 0 Å². The van der Waals surface area contributed by atoms with Crippen LogP contribution in [0.15, 0.2) is 96.4 Å². The smallest absolute Gasteiger partial charge is 0.122 e. The second-order valence-electron chi connectivity index (χ2n) is 10.9. The van der Waals surface area contributed by atoms with Gasteiger partial charge in [0.05, 0.1) is 0 Å². The zero-order valence-corrected chi connectivity index (χ0v) is 37.5. The first-order valence-corrected chi connectivity index (χ1v) is 20.2. The number of aliphatic hydroxyl groups is 2. The number of benzene rings is 4. The minimum atomic E-state index is -0.837. The molecular formula is C33H28Br8O6. The van der Waals surface area contributed by atoms with Crippen LogP contribution >= 0.6 is 127 Å². The number of hydrogen-bond donors (Lipinski definition) is 2. The Morgan fingerprint density at radius 1 is 0.447 bits per heavy atom. The first-order valence-electron chi connectivity index (χ1n) is 13.9. The number of rotatable bonds is 14. The molecule has 0 aliphatic heterocycles. The topological polar surface area (TPSA) is 77.4 Å². The first-order chi connectivity index (χ1) is 22.1. The second kappa shape index (κ2) is 17.9. The Balaban J connectivity index is 1.38. The maximum Gasteiger partial charge on any atom is 0.122 e. The van der Waals surface area contributed by atoms with Crippen LogP contribution in [0.2, 0.25) is 0 Å². The third-order valence-corrected chi connectivity index (χ3v) is 11.1. The molecule has 2 unspecified atom stereocenters. The van der Waals surface area contributed by atoms with Gasteiger partial charge >= 0.3 is 0 Å². The van der Waals surface area contributed by atoms with Gasteiger partial charge in [0.15, 0.2) is 0 Å². The van der Waals surface area contributed by atoms with Crippen molar-refractivity contribution in [3.8, 4) is 23.0 Å². The van der Waals surface area contributed by atoms with E-state index in [4.69, 9.17) is 18.9 Å². The van der Waals surface area contributed by atoms with E-state index in [1.54, 1.807) is 0 Å². The van der Waals surface area contributed by atoms with Crippen LogP contribution in [0.1, 0.15) is 25.0 Å². The van der Waals surface area contributed by atoms with E-state index in [1.165, 1.54) is 0 Å². The van der Waals surface area contributed by atoms with Crippen molar-refractivity contribution in [1.82, 2.24) is 0 Å². The summed E-state index contributed by atoms with van der Waals surface area (Å²) in [5.74, 6) is 2.44. The molecule has 0 aromatic heterocycles. The number of hydrogen-bond acceptors (Lipinski definition) is 6. The first kappa shape index (κ1) is 39.6. The number of halogens is 8. The molecule has 0 amide bonds. The van der Waals surface area contributed by atoms with Gasteiger partial charge in [0, 0.05) is 41.2 Å². The van der Waals surface area contributed by atoms with Crippen LogP contribution in [0.4, 0.5) is 0 Å². The fourth-order valence-corrected chi connectivity index (χ4v) is 11.4. The van der Waals surface area contributed by atoms with Crippen molar-refractivity contribution in [2.75, 3.05) is 26.4 Å². The average molecular weight is 1160 g/mol. The summed E-state index contributed by atoms with van der Waals surface area (Å²) in [5.41, 5.74) is 1.50. The molecule has 0 bridgehead atoms. The Morgan fingerprint density at radius 3 is 0.936 bits per heavy atom. The summed E-state index contributed by atoms with van der Waals surface area (Å²) in [6.45, 7) is 4.50. The maximum atomic E-state index is 10.5. The van der Waals surface area contributed by atoms with Crippen LogP contribution in [0.5, 0.6) is 23.0 Å². The van der Waals surface area contributed by atoms with Gasteiger partial charge in [-0.3, -0.25) is 0 Å². The highest BCUT2D eigenvalue weighted by Gasteiger charge is 2.32. The summed E-state index contributed by atoms with van der Waals surface area (Å²) < 4.78 is 30.1. The average Bonchev–Trinajstić information content (AvgIpc) is 2.95. The van der Waals surface area contributed by atoms with Crippen molar-refractivity contribution in [3.05, 3.63) is 108 Å². The van der Waals surface area contributed by atoms with Gasteiger partial charge in [-0.25, -0.2) is 0 Å². The molecule has 14 heteroatoms. The van der Waals surface area contributed by atoms with Crippen LogP contribution in [-0.2, 0) is 5.41 Å². The predicted molar refractivity (Wildman–Crippen MR) is 213 cm³/mol. The highest BCUT2D eigenvalue weighted by Crippen LogP contribution is 2.48. The van der Waals surface area contributed by atoms with Gasteiger partial charge in [0.1, 0.15) is 61.6 Å². The number of aliphatic hydroxyl groups excluding tert-OH is 2. The zero-order valence-electron chi connectivity index (χ0n) is 24.8. The summed E-state index contributed by atoms with van der Waals surface area (Å²) in [6.07, 6.45) is -1.67. The minimum absolute atomic E-state index is 0.0536. The Kier molecular flexibility index (Phi) is 15.1. The zero-order chi connectivity index (χ0) is 34.5. The van der Waals surface area contributed by atoms with Crippen molar-refractivity contribution in [3.63, 3.8) is 0 Å². The highest BCUT2D eigenvalue weighted by molar-refractivity contribution is 9.12. The third kappa shape index (κ3) is 11.4. The largest absolute Gasteiger partial charge is 0.491 e. The molecule has 2 N–H and O–H groups in total. The van der Waals surface area contributed by atoms with E-state index in [9.17, 15) is 10.2 Å². The lowest BCUT2D eigenvalue weighted by molar-refractivity contribution is 0.0625. The fourth-order valence-electron chi connectivity index (χ4n) is 4.68. The van der Waals surface area contributed by atoms with Gasteiger partial charge in [-0.15, -0.1) is 0 Å². The third-order valence-electron chi connectivity index (χ3n) is 6.72. The highest BCUT2D eigenvalue weighted by atomic mass is 79.9. The maximum absolute atomic E-state index is 10.5. The molecule has 4 rings (SSSR count). The Labute approximate surface area is 341 Å². The monoisotopic (exact) mass is 1150 g/mol. The van der Waals surface area contributed by atoms with Crippen LogP contribution in [0.3, 0.4) is 0 Å². The van der Waals surface area contributed by atoms with Gasteiger partial charge in [-0.1, -0.05) is 141 Å². The molecule has 0 spiro atoms. The SMILES string of the molecule is CC(C)(c1c(Br)cc(OCC(O)COc2cc(Br)cc(Br)c2)cc1Br)c1c(Br)cc(OCC(O)COc2cc(Br)cc(Br)c2)cc1Br. The van der Waals surface area contributed by atoms with Crippen LogP contribution in [-0.4, -0.2) is 48.8 Å². The molecule has 0 radical (unpaired) electrons. The lowest BCUT2D eigenvalue weighted by Crippen LogP contribution is -2.25. The number of ether oxygens (including phenoxy) is 4. The Hall–Kier alpha value is -0.160. The summed E-state index contributed by atoms with van der Waals surface area (Å²) in [6, 6.07) is 18.7. The molecular weight excluding hydrogens is 1130 g/mol. The minimum Gasteiger partial charge on any atom is -0.491 e. The normalized spacial score (nSPS) is 12.9. The standard InChI is InChI=1S/C33H28Br8O6/c1-33(2,31-27(38)9-25(10-28(31)39)46-15-21(42)13-44-23-5-17(34)3-18(35)6-23)32-29(40)11-26(12-30(32)41)47-16-22(43)14-45-24-7-19(36)4-20(37)8-24/h3-12,21-22,42-43H,13-16H2,1-2H3. The molecule has 0 fully saturated rings. The summed E-state index contributed by atoms with van der Waals surface area (Å²) in [4.78, 5) is 0. The molecule has 2 atom stereocenters. The van der Waals surface area contributed by atoms with E-state index in [0.717, 1.165) is 46.9 Å². The van der Waals surface area contributed by atoms with Crippen LogP contribution in [0, 0.1) is 0 Å². The molecule has 252 valence electrons.